The third kappa shape index (κ3) is 3.20. The molecule has 1 aromatic heterocycles. The van der Waals surface area contributed by atoms with Gasteiger partial charge < -0.3 is 0 Å². The van der Waals surface area contributed by atoms with Crippen LogP contribution in [0.15, 0.2) is 47.5 Å². The molecule has 0 saturated carbocycles. The van der Waals surface area contributed by atoms with Crippen molar-refractivity contribution < 1.29 is 4.39 Å². The zero-order valence-corrected chi connectivity index (χ0v) is 16.0. The van der Waals surface area contributed by atoms with E-state index >= 15 is 0 Å². The molecule has 0 bridgehead atoms. The van der Waals surface area contributed by atoms with Gasteiger partial charge in [0.25, 0.3) is 0 Å². The summed E-state index contributed by atoms with van der Waals surface area (Å²) in [5, 5.41) is 0.895. The molecule has 1 aliphatic rings. The van der Waals surface area contributed by atoms with Gasteiger partial charge >= 0.3 is 0 Å². The van der Waals surface area contributed by atoms with E-state index in [4.69, 9.17) is 23.2 Å². The summed E-state index contributed by atoms with van der Waals surface area (Å²) in [7, 11) is 0. The third-order valence-electron chi connectivity index (χ3n) is 4.07. The molecule has 0 saturated heterocycles. The Labute approximate surface area is 166 Å². The second-order valence-electron chi connectivity index (χ2n) is 5.72. The summed E-state index contributed by atoms with van der Waals surface area (Å²) in [6.07, 6.45) is 0. The van der Waals surface area contributed by atoms with Crippen LogP contribution in [0, 0.1) is 12.7 Å². The van der Waals surface area contributed by atoms with Gasteiger partial charge in [-0.25, -0.2) is 14.4 Å². The molecule has 3 aromatic rings. The second-order valence-corrected chi connectivity index (χ2v) is 6.51. The molecule has 4 rings (SSSR count). The molecule has 2 heterocycles. The van der Waals surface area contributed by atoms with Crippen molar-refractivity contribution in [3.8, 4) is 11.1 Å². The van der Waals surface area contributed by atoms with Crippen LogP contribution in [0.2, 0.25) is 10.2 Å². The molecular weight excluding hydrogens is 396 g/mol. The van der Waals surface area contributed by atoms with Gasteiger partial charge in [-0.05, 0) is 36.8 Å². The molecule has 3 nitrogen and oxygen atoms in total. The number of aryl methyl sites for hydroxylation is 1. The maximum absolute atomic E-state index is 14.4. The number of aliphatic imine (C=N–C) groups is 1. The second kappa shape index (κ2) is 7.31. The highest BCUT2D eigenvalue weighted by Gasteiger charge is 2.24. The molecule has 0 radical (unpaired) electrons. The molecule has 0 aliphatic carbocycles. The number of halogens is 4. The summed E-state index contributed by atoms with van der Waals surface area (Å²) in [6.45, 7) is 2.07. The van der Waals surface area contributed by atoms with E-state index in [1.165, 1.54) is 6.07 Å². The van der Waals surface area contributed by atoms with Gasteiger partial charge in [0.2, 0.25) is 0 Å². The van der Waals surface area contributed by atoms with Crippen molar-refractivity contribution in [2.24, 2.45) is 4.99 Å². The summed E-state index contributed by atoms with van der Waals surface area (Å²) in [5.74, 6) is 0.232. The summed E-state index contributed by atoms with van der Waals surface area (Å²) in [5.41, 5.74) is 3.89. The van der Waals surface area contributed by atoms with Gasteiger partial charge in [-0.2, -0.15) is 0 Å². The first-order valence-corrected chi connectivity index (χ1v) is 8.43. The van der Waals surface area contributed by atoms with Gasteiger partial charge in [-0.3, -0.25) is 4.99 Å². The Kier molecular flexibility index (Phi) is 5.28. The van der Waals surface area contributed by atoms with E-state index in [0.29, 0.717) is 44.1 Å². The first-order valence-electron chi connectivity index (χ1n) is 7.67. The standard InChI is InChI=1S/C19H12Cl2FN3.ClH/c1-10-24-16-9-23-18(13-4-2-3-5-15(13)22)14-8-11(20)6-7-12(14)17(16)19(21)25-10;/h2-8H,9H2,1H3;1H. The van der Waals surface area contributed by atoms with Gasteiger partial charge in [0.05, 0.1) is 18.0 Å². The lowest BCUT2D eigenvalue weighted by molar-refractivity contribution is 0.625. The van der Waals surface area contributed by atoms with Crippen LogP contribution in [-0.2, 0) is 6.54 Å². The Morgan fingerprint density at radius 3 is 2.50 bits per heavy atom. The van der Waals surface area contributed by atoms with E-state index in [-0.39, 0.29) is 24.8 Å². The van der Waals surface area contributed by atoms with Crippen molar-refractivity contribution in [1.29, 1.82) is 0 Å². The van der Waals surface area contributed by atoms with Crippen molar-refractivity contribution in [2.75, 3.05) is 0 Å². The number of hydrogen-bond acceptors (Lipinski definition) is 3. The third-order valence-corrected chi connectivity index (χ3v) is 4.58. The quantitative estimate of drug-likeness (QED) is 0.486. The predicted octanol–water partition coefficient (Wildman–Crippen LogP) is 5.67. The van der Waals surface area contributed by atoms with Crippen molar-refractivity contribution in [3.63, 3.8) is 0 Å². The summed E-state index contributed by atoms with van der Waals surface area (Å²) < 4.78 is 14.4. The molecule has 2 aromatic carbocycles. The van der Waals surface area contributed by atoms with Crippen LogP contribution in [0.3, 0.4) is 0 Å². The SMILES string of the molecule is Cc1nc(Cl)c2c(n1)CN=C(c1ccccc1F)c1cc(Cl)ccc1-2.Cl. The minimum atomic E-state index is -0.341. The fraction of sp³-hybridized carbons (Fsp3) is 0.105. The fourth-order valence-electron chi connectivity index (χ4n) is 3.03. The number of nitrogens with zero attached hydrogens (tertiary/aromatic N) is 3. The van der Waals surface area contributed by atoms with Gasteiger partial charge in [0, 0.05) is 21.7 Å². The Morgan fingerprint density at radius 1 is 0.962 bits per heavy atom. The molecule has 0 fully saturated rings. The molecule has 0 spiro atoms. The molecular formula is C19H13Cl3FN3. The van der Waals surface area contributed by atoms with Crippen LogP contribution in [0.1, 0.15) is 22.6 Å². The lowest BCUT2D eigenvalue weighted by atomic mass is 9.94. The number of benzene rings is 2. The molecule has 0 unspecified atom stereocenters. The number of rotatable bonds is 1. The molecule has 0 atom stereocenters. The van der Waals surface area contributed by atoms with Gasteiger partial charge in [-0.15, -0.1) is 12.4 Å². The van der Waals surface area contributed by atoms with Crippen LogP contribution in [-0.4, -0.2) is 15.7 Å². The van der Waals surface area contributed by atoms with Crippen LogP contribution < -0.4 is 0 Å². The highest BCUT2D eigenvalue weighted by molar-refractivity contribution is 6.34. The van der Waals surface area contributed by atoms with Crippen molar-refractivity contribution >= 4 is 41.3 Å². The molecule has 1 aliphatic heterocycles. The Balaban J connectivity index is 0.00000196. The minimum absolute atomic E-state index is 0. The molecule has 132 valence electrons. The van der Waals surface area contributed by atoms with Crippen molar-refractivity contribution in [2.45, 2.75) is 13.5 Å². The van der Waals surface area contributed by atoms with E-state index in [2.05, 4.69) is 15.0 Å². The summed E-state index contributed by atoms with van der Waals surface area (Å²) in [6, 6.07) is 11.9. The lowest BCUT2D eigenvalue weighted by Gasteiger charge is -2.13. The number of aromatic nitrogens is 2. The zero-order valence-electron chi connectivity index (χ0n) is 13.6. The average Bonchev–Trinajstić information content (AvgIpc) is 2.72. The van der Waals surface area contributed by atoms with E-state index < -0.39 is 0 Å². The summed E-state index contributed by atoms with van der Waals surface area (Å²) >= 11 is 12.6. The highest BCUT2D eigenvalue weighted by Crippen LogP contribution is 2.37. The number of hydrogen-bond donors (Lipinski definition) is 0. The first kappa shape index (κ1) is 18.8. The van der Waals surface area contributed by atoms with Crippen LogP contribution in [0.25, 0.3) is 11.1 Å². The predicted molar refractivity (Wildman–Crippen MR) is 105 cm³/mol. The Hall–Kier alpha value is -2.01. The highest BCUT2D eigenvalue weighted by atomic mass is 35.5. The van der Waals surface area contributed by atoms with Gasteiger partial charge in [-0.1, -0.05) is 41.4 Å². The Bertz CT molecular complexity index is 1030. The lowest BCUT2D eigenvalue weighted by Crippen LogP contribution is -2.07. The van der Waals surface area contributed by atoms with Crippen LogP contribution in [0.4, 0.5) is 4.39 Å². The largest absolute Gasteiger partial charge is 0.278 e. The van der Waals surface area contributed by atoms with E-state index in [9.17, 15) is 4.39 Å². The summed E-state index contributed by atoms with van der Waals surface area (Å²) in [4.78, 5) is 13.4. The maximum Gasteiger partial charge on any atom is 0.140 e. The minimum Gasteiger partial charge on any atom is -0.278 e. The van der Waals surface area contributed by atoms with Gasteiger partial charge in [0.1, 0.15) is 16.8 Å². The van der Waals surface area contributed by atoms with Gasteiger partial charge in [0.15, 0.2) is 0 Å². The van der Waals surface area contributed by atoms with Crippen LogP contribution >= 0.6 is 35.6 Å². The Morgan fingerprint density at radius 2 is 1.73 bits per heavy atom. The van der Waals surface area contributed by atoms with E-state index in [1.54, 1.807) is 37.3 Å². The molecule has 7 heteroatoms. The van der Waals surface area contributed by atoms with E-state index in [1.807, 2.05) is 6.07 Å². The van der Waals surface area contributed by atoms with Crippen molar-refractivity contribution in [3.05, 3.63) is 81.1 Å². The molecule has 0 amide bonds. The van der Waals surface area contributed by atoms with Crippen molar-refractivity contribution in [1.82, 2.24) is 9.97 Å². The normalized spacial score (nSPS) is 12.4. The van der Waals surface area contributed by atoms with Crippen LogP contribution in [0.5, 0.6) is 0 Å². The monoisotopic (exact) mass is 407 g/mol. The zero-order chi connectivity index (χ0) is 17.6. The van der Waals surface area contributed by atoms with E-state index in [0.717, 1.165) is 5.56 Å². The molecule has 0 N–H and O–H groups in total. The maximum atomic E-state index is 14.4. The number of fused-ring (bicyclic) bond motifs is 3. The molecule has 26 heavy (non-hydrogen) atoms. The fourth-order valence-corrected chi connectivity index (χ4v) is 3.53. The average molecular weight is 409 g/mol. The topological polar surface area (TPSA) is 38.1 Å². The first-order chi connectivity index (χ1) is 12.0. The smallest absolute Gasteiger partial charge is 0.140 e.